The van der Waals surface area contributed by atoms with Crippen molar-refractivity contribution < 1.29 is 14.0 Å². The van der Waals surface area contributed by atoms with E-state index < -0.39 is 8.32 Å². The molecule has 4 nitrogen and oxygen atoms in total. The van der Waals surface area contributed by atoms with Crippen molar-refractivity contribution in [3.05, 3.63) is 23.3 Å². The molecule has 0 aromatic rings. The molecule has 24 heavy (non-hydrogen) atoms. The SMILES string of the molecule is C/C=C(/C)C(=O)O[C@@H]1CCN2CC=C(CO[Si](C)(C)C(C)(C)C)[C@H]12. The average molecular weight is 352 g/mol. The highest BCUT2D eigenvalue weighted by molar-refractivity contribution is 6.74. The van der Waals surface area contributed by atoms with Crippen LogP contribution in [0, 0.1) is 0 Å². The fraction of sp³-hybridized carbons (Fsp3) is 0.737. The molecule has 0 aromatic heterocycles. The van der Waals surface area contributed by atoms with Crippen molar-refractivity contribution in [1.29, 1.82) is 0 Å². The van der Waals surface area contributed by atoms with Crippen LogP contribution in [0.15, 0.2) is 23.3 Å². The number of esters is 1. The smallest absolute Gasteiger partial charge is 0.333 e. The van der Waals surface area contributed by atoms with Crippen molar-refractivity contribution in [2.75, 3.05) is 19.7 Å². The molecule has 2 aliphatic rings. The van der Waals surface area contributed by atoms with E-state index in [1.807, 2.05) is 6.92 Å². The van der Waals surface area contributed by atoms with Gasteiger partial charge in [-0.25, -0.2) is 4.79 Å². The van der Waals surface area contributed by atoms with Gasteiger partial charge in [-0.1, -0.05) is 32.9 Å². The van der Waals surface area contributed by atoms with E-state index in [4.69, 9.17) is 9.16 Å². The molecule has 0 N–H and O–H groups in total. The molecule has 1 saturated heterocycles. The molecule has 0 bridgehead atoms. The van der Waals surface area contributed by atoms with Crippen molar-refractivity contribution in [2.45, 2.75) is 71.3 Å². The van der Waals surface area contributed by atoms with Gasteiger partial charge in [0, 0.05) is 18.7 Å². The third-order valence-electron chi connectivity index (χ3n) is 5.83. The van der Waals surface area contributed by atoms with Gasteiger partial charge in [-0.05, 0) is 44.0 Å². The van der Waals surface area contributed by atoms with Crippen molar-refractivity contribution in [2.24, 2.45) is 0 Å². The van der Waals surface area contributed by atoms with Gasteiger partial charge in [0.05, 0.1) is 12.6 Å². The molecule has 0 unspecified atom stereocenters. The zero-order valence-electron chi connectivity index (χ0n) is 16.3. The topological polar surface area (TPSA) is 38.8 Å². The fourth-order valence-electron chi connectivity index (χ4n) is 2.95. The van der Waals surface area contributed by atoms with Crippen LogP contribution in [-0.2, 0) is 14.0 Å². The second kappa shape index (κ2) is 7.14. The van der Waals surface area contributed by atoms with Gasteiger partial charge in [0.15, 0.2) is 8.32 Å². The van der Waals surface area contributed by atoms with Crippen LogP contribution < -0.4 is 0 Å². The van der Waals surface area contributed by atoms with Gasteiger partial charge in [0.2, 0.25) is 0 Å². The van der Waals surface area contributed by atoms with Crippen LogP contribution in [0.3, 0.4) is 0 Å². The van der Waals surface area contributed by atoms with E-state index in [0.717, 1.165) is 19.5 Å². The minimum absolute atomic E-state index is 0.0517. The van der Waals surface area contributed by atoms with Gasteiger partial charge >= 0.3 is 5.97 Å². The normalized spacial score (nSPS) is 25.6. The zero-order valence-corrected chi connectivity index (χ0v) is 17.3. The Kier molecular flexibility index (Phi) is 5.78. The summed E-state index contributed by atoms with van der Waals surface area (Å²) in [5, 5.41) is 0.205. The van der Waals surface area contributed by atoms with Gasteiger partial charge in [0.25, 0.3) is 0 Å². The minimum Gasteiger partial charge on any atom is -0.457 e. The first kappa shape index (κ1) is 19.4. The van der Waals surface area contributed by atoms with E-state index in [1.165, 1.54) is 5.57 Å². The van der Waals surface area contributed by atoms with Crippen molar-refractivity contribution in [3.63, 3.8) is 0 Å². The van der Waals surface area contributed by atoms with Gasteiger partial charge in [0.1, 0.15) is 6.10 Å². The van der Waals surface area contributed by atoms with Gasteiger partial charge in [-0.3, -0.25) is 4.90 Å². The number of rotatable bonds is 5. The Labute approximate surface area is 148 Å². The Morgan fingerprint density at radius 3 is 2.67 bits per heavy atom. The maximum Gasteiger partial charge on any atom is 0.333 e. The first-order valence-corrected chi connectivity index (χ1v) is 11.9. The maximum atomic E-state index is 12.1. The summed E-state index contributed by atoms with van der Waals surface area (Å²) in [5.41, 5.74) is 1.96. The molecule has 2 heterocycles. The Balaban J connectivity index is 2.01. The van der Waals surface area contributed by atoms with Gasteiger partial charge in [-0.15, -0.1) is 0 Å². The van der Waals surface area contributed by atoms with E-state index >= 15 is 0 Å². The summed E-state index contributed by atoms with van der Waals surface area (Å²) in [7, 11) is -1.77. The minimum atomic E-state index is -1.77. The van der Waals surface area contributed by atoms with Crippen molar-refractivity contribution >= 4 is 14.3 Å². The molecular formula is C19H33NO3Si. The molecule has 1 fully saturated rings. The highest BCUT2D eigenvalue weighted by Gasteiger charge is 2.43. The third-order valence-corrected chi connectivity index (χ3v) is 10.3. The first-order chi connectivity index (χ1) is 11.1. The van der Waals surface area contributed by atoms with Crippen LogP contribution >= 0.6 is 0 Å². The molecular weight excluding hydrogens is 318 g/mol. The molecule has 0 aromatic carbocycles. The number of hydrogen-bond donors (Lipinski definition) is 0. The summed E-state index contributed by atoms with van der Waals surface area (Å²) in [6.07, 6.45) is 4.93. The van der Waals surface area contributed by atoms with Crippen LogP contribution in [0.5, 0.6) is 0 Å². The first-order valence-electron chi connectivity index (χ1n) is 8.97. The molecule has 0 radical (unpaired) electrons. The lowest BCUT2D eigenvalue weighted by Crippen LogP contribution is -2.43. The lowest BCUT2D eigenvalue weighted by Gasteiger charge is -2.37. The van der Waals surface area contributed by atoms with Gasteiger partial charge < -0.3 is 9.16 Å². The van der Waals surface area contributed by atoms with E-state index in [9.17, 15) is 4.79 Å². The number of fused-ring (bicyclic) bond motifs is 1. The highest BCUT2D eigenvalue weighted by atomic mass is 28.4. The van der Waals surface area contributed by atoms with E-state index in [0.29, 0.717) is 12.2 Å². The van der Waals surface area contributed by atoms with Crippen LogP contribution in [0.4, 0.5) is 0 Å². The summed E-state index contributed by atoms with van der Waals surface area (Å²) in [6, 6.07) is 0.198. The van der Waals surface area contributed by atoms with Crippen LogP contribution in [0.1, 0.15) is 41.0 Å². The lowest BCUT2D eigenvalue weighted by atomic mass is 10.1. The number of hydrogen-bond acceptors (Lipinski definition) is 4. The molecule has 0 amide bonds. The molecule has 2 atom stereocenters. The predicted molar refractivity (Wildman–Crippen MR) is 101 cm³/mol. The molecule has 0 spiro atoms. The fourth-order valence-corrected chi connectivity index (χ4v) is 3.92. The monoisotopic (exact) mass is 351 g/mol. The second-order valence-corrected chi connectivity index (χ2v) is 13.3. The van der Waals surface area contributed by atoms with Crippen LogP contribution in [-0.4, -0.2) is 51.0 Å². The van der Waals surface area contributed by atoms with E-state index in [-0.39, 0.29) is 23.2 Å². The Bertz CT molecular complexity index is 545. The molecule has 136 valence electrons. The van der Waals surface area contributed by atoms with Gasteiger partial charge in [-0.2, -0.15) is 0 Å². The number of carbonyl (C=O) groups is 1. The second-order valence-electron chi connectivity index (χ2n) is 8.47. The maximum absolute atomic E-state index is 12.1. The number of nitrogens with zero attached hydrogens (tertiary/aromatic N) is 1. The van der Waals surface area contributed by atoms with Crippen molar-refractivity contribution in [1.82, 2.24) is 4.90 Å². The summed E-state index contributed by atoms with van der Waals surface area (Å²) in [6.45, 7) is 17.6. The molecule has 2 rings (SSSR count). The number of ether oxygens (including phenoxy) is 1. The predicted octanol–water partition coefficient (Wildman–Crippen LogP) is 3.90. The summed E-state index contributed by atoms with van der Waals surface area (Å²) in [5.74, 6) is -0.194. The number of allylic oxidation sites excluding steroid dienone is 1. The standard InChI is InChI=1S/C19H33NO3Si/c1-8-14(2)18(21)23-16-10-12-20-11-9-15(17(16)20)13-22-24(6,7)19(3,4)5/h8-9,16-17H,10-13H2,1-7H3/b14-8-/t16-,17-/m1/s1. The molecule has 0 aliphatic carbocycles. The molecule has 5 heteroatoms. The largest absolute Gasteiger partial charge is 0.457 e. The average Bonchev–Trinajstić information content (AvgIpc) is 3.06. The Morgan fingerprint density at radius 1 is 1.42 bits per heavy atom. The van der Waals surface area contributed by atoms with Crippen LogP contribution in [0.2, 0.25) is 18.1 Å². The van der Waals surface area contributed by atoms with E-state index in [2.05, 4.69) is 44.8 Å². The zero-order chi connectivity index (χ0) is 18.1. The number of carbonyl (C=O) groups excluding carboxylic acids is 1. The highest BCUT2D eigenvalue weighted by Crippen LogP contribution is 2.38. The molecule has 2 aliphatic heterocycles. The summed E-state index contributed by atoms with van der Waals surface area (Å²) in [4.78, 5) is 14.5. The Hall–Kier alpha value is -0.913. The summed E-state index contributed by atoms with van der Waals surface area (Å²) < 4.78 is 12.2. The summed E-state index contributed by atoms with van der Waals surface area (Å²) >= 11 is 0. The van der Waals surface area contributed by atoms with Crippen molar-refractivity contribution in [3.8, 4) is 0 Å². The van der Waals surface area contributed by atoms with E-state index in [1.54, 1.807) is 13.0 Å². The quantitative estimate of drug-likeness (QED) is 0.326. The third kappa shape index (κ3) is 4.01. The molecule has 0 saturated carbocycles. The Morgan fingerprint density at radius 2 is 2.08 bits per heavy atom. The lowest BCUT2D eigenvalue weighted by molar-refractivity contribution is -0.144. The van der Waals surface area contributed by atoms with Crippen LogP contribution in [0.25, 0.3) is 0 Å².